The molecule has 0 spiro atoms. The van der Waals surface area contributed by atoms with Gasteiger partial charge in [0.1, 0.15) is 20.1 Å². The minimum absolute atomic E-state index is 0.763. The molecule has 0 N–H and O–H groups in total. The third-order valence-corrected chi connectivity index (χ3v) is 3.74. The van der Waals surface area contributed by atoms with E-state index in [-0.39, 0.29) is 0 Å². The maximum absolute atomic E-state index is 4.49. The van der Waals surface area contributed by atoms with E-state index in [0.29, 0.717) is 0 Å². The summed E-state index contributed by atoms with van der Waals surface area (Å²) >= 11 is 2.83. The van der Waals surface area contributed by atoms with E-state index in [1.165, 1.54) is 23.5 Å². The van der Waals surface area contributed by atoms with E-state index in [4.69, 9.17) is 0 Å². The first kappa shape index (κ1) is 12.9. The molecule has 0 unspecified atom stereocenters. The highest BCUT2D eigenvalue weighted by Crippen LogP contribution is 2.27. The minimum Gasteiger partial charge on any atom is -0.260 e. The van der Waals surface area contributed by atoms with Crippen LogP contribution >= 0.6 is 23.5 Å². The minimum atomic E-state index is 0.763. The summed E-state index contributed by atoms with van der Waals surface area (Å²) in [5, 5.41) is 3.09. The molecule has 3 aromatic rings. The van der Waals surface area contributed by atoms with Crippen molar-refractivity contribution in [2.24, 2.45) is 0 Å². The first-order valence-corrected chi connectivity index (χ1v) is 7.23. The van der Waals surface area contributed by atoms with Gasteiger partial charge in [-0.1, -0.05) is 0 Å². The van der Waals surface area contributed by atoms with Crippen molar-refractivity contribution < 1.29 is 0 Å². The van der Waals surface area contributed by atoms with Crippen LogP contribution in [-0.4, -0.2) is 29.9 Å². The Balaban J connectivity index is 1.76. The SMILES string of the molecule is c1cnc(Sc2cncc(Sc3cnccn3)n2)cn1. The Labute approximate surface area is 123 Å². The van der Waals surface area contributed by atoms with E-state index in [1.54, 1.807) is 49.6 Å². The van der Waals surface area contributed by atoms with Gasteiger partial charge in [-0.3, -0.25) is 15.0 Å². The Morgan fingerprint density at radius 1 is 0.550 bits per heavy atom. The van der Waals surface area contributed by atoms with Crippen LogP contribution in [0.2, 0.25) is 0 Å². The molecule has 0 aliphatic rings. The van der Waals surface area contributed by atoms with Crippen LogP contribution in [0.3, 0.4) is 0 Å². The first-order chi connectivity index (χ1) is 9.90. The average Bonchev–Trinajstić information content (AvgIpc) is 2.50. The first-order valence-electron chi connectivity index (χ1n) is 5.60. The Bertz CT molecular complexity index is 623. The summed E-state index contributed by atoms with van der Waals surface area (Å²) < 4.78 is 0. The van der Waals surface area contributed by atoms with Gasteiger partial charge in [0.2, 0.25) is 0 Å². The number of nitrogens with zero attached hydrogens (tertiary/aromatic N) is 6. The Kier molecular flexibility index (Phi) is 4.14. The van der Waals surface area contributed by atoms with Crippen LogP contribution in [0.1, 0.15) is 0 Å². The van der Waals surface area contributed by atoms with Gasteiger partial charge in [-0.2, -0.15) is 0 Å². The van der Waals surface area contributed by atoms with Crippen molar-refractivity contribution in [2.75, 3.05) is 0 Å². The fourth-order valence-corrected chi connectivity index (χ4v) is 2.78. The lowest BCUT2D eigenvalue weighted by molar-refractivity contribution is 0.933. The maximum atomic E-state index is 4.49. The molecule has 6 nitrogen and oxygen atoms in total. The molecular formula is C12H8N6S2. The average molecular weight is 300 g/mol. The van der Waals surface area contributed by atoms with Gasteiger partial charge < -0.3 is 0 Å². The van der Waals surface area contributed by atoms with Crippen molar-refractivity contribution in [2.45, 2.75) is 20.1 Å². The van der Waals surface area contributed by atoms with E-state index in [9.17, 15) is 0 Å². The molecule has 0 saturated carbocycles. The molecule has 0 radical (unpaired) electrons. The normalized spacial score (nSPS) is 10.4. The summed E-state index contributed by atoms with van der Waals surface area (Å²) in [7, 11) is 0. The monoisotopic (exact) mass is 300 g/mol. The number of aromatic nitrogens is 6. The largest absolute Gasteiger partial charge is 0.260 e. The molecule has 8 heteroatoms. The Morgan fingerprint density at radius 3 is 1.50 bits per heavy atom. The van der Waals surface area contributed by atoms with E-state index in [0.717, 1.165) is 20.1 Å². The van der Waals surface area contributed by atoms with Gasteiger partial charge >= 0.3 is 0 Å². The molecule has 98 valence electrons. The van der Waals surface area contributed by atoms with Crippen LogP contribution in [0.15, 0.2) is 69.7 Å². The van der Waals surface area contributed by atoms with Crippen molar-refractivity contribution in [3.63, 3.8) is 0 Å². The van der Waals surface area contributed by atoms with E-state index in [1.807, 2.05) is 0 Å². The van der Waals surface area contributed by atoms with Crippen LogP contribution in [-0.2, 0) is 0 Å². The summed E-state index contributed by atoms with van der Waals surface area (Å²) in [6.07, 6.45) is 13.3. The Hall–Kier alpha value is -2.06. The van der Waals surface area contributed by atoms with Gasteiger partial charge in [0.05, 0.1) is 24.8 Å². The van der Waals surface area contributed by atoms with Gasteiger partial charge in [-0.25, -0.2) is 15.0 Å². The molecule has 0 bridgehead atoms. The second-order valence-corrected chi connectivity index (χ2v) is 5.57. The van der Waals surface area contributed by atoms with Crippen LogP contribution < -0.4 is 0 Å². The van der Waals surface area contributed by atoms with Crippen LogP contribution in [0.4, 0.5) is 0 Å². The van der Waals surface area contributed by atoms with Crippen LogP contribution in [0.25, 0.3) is 0 Å². The molecule has 3 aromatic heterocycles. The second-order valence-electron chi connectivity index (χ2n) is 3.49. The molecule has 0 atom stereocenters. The lowest BCUT2D eigenvalue weighted by atomic mass is 10.7. The van der Waals surface area contributed by atoms with E-state index >= 15 is 0 Å². The van der Waals surface area contributed by atoms with Crippen molar-refractivity contribution in [3.8, 4) is 0 Å². The van der Waals surface area contributed by atoms with Gasteiger partial charge in [0.25, 0.3) is 0 Å². The molecule has 0 aliphatic heterocycles. The third-order valence-electron chi connectivity index (χ3n) is 2.09. The molecule has 3 rings (SSSR count). The highest BCUT2D eigenvalue weighted by Gasteiger charge is 2.05. The van der Waals surface area contributed by atoms with Gasteiger partial charge in [-0.15, -0.1) is 0 Å². The summed E-state index contributed by atoms with van der Waals surface area (Å²) in [6.45, 7) is 0. The van der Waals surface area contributed by atoms with E-state index in [2.05, 4.69) is 29.9 Å². The molecule has 0 fully saturated rings. The molecular weight excluding hydrogens is 292 g/mol. The zero-order valence-electron chi connectivity index (χ0n) is 10.1. The van der Waals surface area contributed by atoms with Crippen molar-refractivity contribution in [3.05, 3.63) is 49.6 Å². The second kappa shape index (κ2) is 6.40. The van der Waals surface area contributed by atoms with Gasteiger partial charge in [0, 0.05) is 24.8 Å². The molecule has 0 aromatic carbocycles. The fourth-order valence-electron chi connectivity index (χ4n) is 1.32. The molecule has 3 heterocycles. The highest BCUT2D eigenvalue weighted by molar-refractivity contribution is 7.99. The van der Waals surface area contributed by atoms with E-state index < -0.39 is 0 Å². The van der Waals surface area contributed by atoms with Crippen molar-refractivity contribution >= 4 is 23.5 Å². The summed E-state index contributed by atoms with van der Waals surface area (Å²) in [5.41, 5.74) is 0. The summed E-state index contributed by atoms with van der Waals surface area (Å²) in [4.78, 5) is 25.1. The quantitative estimate of drug-likeness (QED) is 0.726. The number of hydrogen-bond donors (Lipinski definition) is 0. The van der Waals surface area contributed by atoms with Crippen molar-refractivity contribution in [1.29, 1.82) is 0 Å². The smallest absolute Gasteiger partial charge is 0.122 e. The highest BCUT2D eigenvalue weighted by atomic mass is 32.2. The third kappa shape index (κ3) is 3.49. The van der Waals surface area contributed by atoms with Crippen LogP contribution in [0.5, 0.6) is 0 Å². The summed E-state index contributed by atoms with van der Waals surface area (Å²) in [6, 6.07) is 0. The lowest BCUT2D eigenvalue weighted by Crippen LogP contribution is -1.89. The molecule has 0 saturated heterocycles. The standard InChI is InChI=1S/C12H8N6S2/c1-3-16-9(5-13-1)19-11-7-15-8-12(18-11)20-10-6-14-2-4-17-10/h1-8H. The zero-order valence-corrected chi connectivity index (χ0v) is 11.8. The fraction of sp³-hybridized carbons (Fsp3) is 0. The van der Waals surface area contributed by atoms with Crippen LogP contribution in [0, 0.1) is 0 Å². The zero-order chi connectivity index (χ0) is 13.6. The predicted molar refractivity (Wildman–Crippen MR) is 74.3 cm³/mol. The number of rotatable bonds is 4. The van der Waals surface area contributed by atoms with Crippen molar-refractivity contribution in [1.82, 2.24) is 29.9 Å². The Morgan fingerprint density at radius 2 is 1.05 bits per heavy atom. The molecule has 0 aliphatic carbocycles. The molecule has 0 amide bonds. The predicted octanol–water partition coefficient (Wildman–Crippen LogP) is 2.36. The maximum Gasteiger partial charge on any atom is 0.122 e. The summed E-state index contributed by atoms with van der Waals surface area (Å²) in [5.74, 6) is 0. The topological polar surface area (TPSA) is 77.3 Å². The lowest BCUT2D eigenvalue weighted by Gasteiger charge is -2.02. The van der Waals surface area contributed by atoms with Gasteiger partial charge in [-0.05, 0) is 23.5 Å². The molecule has 20 heavy (non-hydrogen) atoms. The van der Waals surface area contributed by atoms with Gasteiger partial charge in [0.15, 0.2) is 0 Å². The number of hydrogen-bond acceptors (Lipinski definition) is 8.